The number of aryl methyl sites for hydroxylation is 1. The van der Waals surface area contributed by atoms with E-state index in [0.717, 1.165) is 39.7 Å². The molecular formula is C35H37F2N3O4S. The number of anilines is 1. The molecule has 236 valence electrons. The first-order valence-electron chi connectivity index (χ1n) is 14.7. The smallest absolute Gasteiger partial charge is 0.264 e. The summed E-state index contributed by atoms with van der Waals surface area (Å²) < 4.78 is 57.6. The molecular weight excluding hydrogens is 596 g/mol. The number of rotatable bonds is 13. The number of nitrogens with one attached hydrogen (secondary N) is 1. The third-order valence-corrected chi connectivity index (χ3v) is 9.36. The van der Waals surface area contributed by atoms with E-state index in [0.29, 0.717) is 6.42 Å². The summed E-state index contributed by atoms with van der Waals surface area (Å²) in [6, 6.07) is 24.6. The maximum absolute atomic E-state index is 15.0. The van der Waals surface area contributed by atoms with Gasteiger partial charge in [-0.2, -0.15) is 0 Å². The summed E-state index contributed by atoms with van der Waals surface area (Å²) in [5, 5.41) is 2.94. The van der Waals surface area contributed by atoms with E-state index in [1.54, 1.807) is 30.3 Å². The fourth-order valence-corrected chi connectivity index (χ4v) is 6.19. The fourth-order valence-electron chi connectivity index (χ4n) is 4.78. The molecule has 4 aromatic rings. The Labute approximate surface area is 263 Å². The van der Waals surface area contributed by atoms with Crippen molar-refractivity contribution in [2.75, 3.05) is 10.8 Å². The quantitative estimate of drug-likeness (QED) is 0.195. The number of hydrogen-bond donors (Lipinski definition) is 1. The summed E-state index contributed by atoms with van der Waals surface area (Å²) >= 11 is 0. The van der Waals surface area contributed by atoms with Crippen molar-refractivity contribution >= 4 is 27.5 Å². The highest BCUT2D eigenvalue weighted by Gasteiger charge is 2.35. The van der Waals surface area contributed by atoms with Gasteiger partial charge in [-0.1, -0.05) is 73.2 Å². The first-order valence-corrected chi connectivity index (χ1v) is 16.2. The van der Waals surface area contributed by atoms with Gasteiger partial charge in [0.25, 0.3) is 10.0 Å². The first kappa shape index (κ1) is 33.3. The van der Waals surface area contributed by atoms with Gasteiger partial charge >= 0.3 is 0 Å². The topological polar surface area (TPSA) is 86.8 Å². The maximum Gasteiger partial charge on any atom is 0.264 e. The molecule has 45 heavy (non-hydrogen) atoms. The van der Waals surface area contributed by atoms with Crippen LogP contribution in [0.4, 0.5) is 14.5 Å². The second kappa shape index (κ2) is 14.9. The molecule has 7 nitrogen and oxygen atoms in total. The molecule has 0 bridgehead atoms. The van der Waals surface area contributed by atoms with Gasteiger partial charge < -0.3 is 10.2 Å². The van der Waals surface area contributed by atoms with Crippen molar-refractivity contribution in [3.63, 3.8) is 0 Å². The Kier molecular flexibility index (Phi) is 11.1. The van der Waals surface area contributed by atoms with Crippen LogP contribution in [0.2, 0.25) is 0 Å². The van der Waals surface area contributed by atoms with Gasteiger partial charge in [-0.25, -0.2) is 17.2 Å². The molecule has 0 aromatic heterocycles. The molecule has 4 aromatic carbocycles. The van der Waals surface area contributed by atoms with E-state index in [1.807, 2.05) is 51.1 Å². The van der Waals surface area contributed by atoms with Gasteiger partial charge in [0.1, 0.15) is 24.2 Å². The number of carbonyl (C=O) groups excluding carboxylic acids is 2. The molecule has 0 spiro atoms. The van der Waals surface area contributed by atoms with E-state index >= 15 is 4.39 Å². The maximum atomic E-state index is 15.0. The van der Waals surface area contributed by atoms with Crippen molar-refractivity contribution < 1.29 is 26.8 Å². The van der Waals surface area contributed by atoms with Crippen molar-refractivity contribution in [1.82, 2.24) is 10.2 Å². The molecule has 4 rings (SSSR count). The van der Waals surface area contributed by atoms with Gasteiger partial charge in [0.2, 0.25) is 11.8 Å². The third-order valence-electron chi connectivity index (χ3n) is 7.57. The molecule has 0 fully saturated rings. The number of benzene rings is 4. The lowest BCUT2D eigenvalue weighted by atomic mass is 10.0. The summed E-state index contributed by atoms with van der Waals surface area (Å²) in [5.41, 5.74) is 2.01. The van der Waals surface area contributed by atoms with E-state index in [-0.39, 0.29) is 35.2 Å². The minimum absolute atomic E-state index is 0.110. The minimum atomic E-state index is -4.38. The highest BCUT2D eigenvalue weighted by Crippen LogP contribution is 2.26. The Balaban J connectivity index is 1.81. The van der Waals surface area contributed by atoms with Crippen molar-refractivity contribution in [1.29, 1.82) is 0 Å². The summed E-state index contributed by atoms with van der Waals surface area (Å²) in [6.07, 6.45) is 0.751. The number of hydrogen-bond acceptors (Lipinski definition) is 4. The van der Waals surface area contributed by atoms with E-state index in [9.17, 15) is 22.4 Å². The molecule has 0 aliphatic rings. The molecule has 0 unspecified atom stereocenters. The van der Waals surface area contributed by atoms with Crippen molar-refractivity contribution in [2.24, 2.45) is 0 Å². The Morgan fingerprint density at radius 2 is 1.47 bits per heavy atom. The van der Waals surface area contributed by atoms with Crippen molar-refractivity contribution in [3.05, 3.63) is 131 Å². The molecule has 10 heteroatoms. The zero-order valence-corrected chi connectivity index (χ0v) is 26.3. The molecule has 0 radical (unpaired) electrons. The largest absolute Gasteiger partial charge is 0.352 e. The van der Waals surface area contributed by atoms with Crippen molar-refractivity contribution in [2.45, 2.75) is 57.1 Å². The Morgan fingerprint density at radius 1 is 0.844 bits per heavy atom. The summed E-state index contributed by atoms with van der Waals surface area (Å²) in [7, 11) is -4.38. The van der Waals surface area contributed by atoms with Gasteiger partial charge in [0.15, 0.2) is 0 Å². The summed E-state index contributed by atoms with van der Waals surface area (Å²) in [5.74, 6) is -2.34. The minimum Gasteiger partial charge on any atom is -0.352 e. The van der Waals surface area contributed by atoms with Gasteiger partial charge in [-0.05, 0) is 68.3 Å². The zero-order chi connectivity index (χ0) is 32.6. The average Bonchev–Trinajstić information content (AvgIpc) is 3.03. The fraction of sp³-hybridized carbons (Fsp3) is 0.257. The monoisotopic (exact) mass is 633 g/mol. The average molecular weight is 634 g/mol. The van der Waals surface area contributed by atoms with E-state index in [2.05, 4.69) is 5.32 Å². The van der Waals surface area contributed by atoms with E-state index in [1.165, 1.54) is 23.1 Å². The van der Waals surface area contributed by atoms with Crippen LogP contribution >= 0.6 is 0 Å². The predicted molar refractivity (Wildman–Crippen MR) is 171 cm³/mol. The van der Waals surface area contributed by atoms with Crippen LogP contribution < -0.4 is 9.62 Å². The molecule has 1 N–H and O–H groups in total. The summed E-state index contributed by atoms with van der Waals surface area (Å²) in [6.45, 7) is 4.62. The standard InChI is InChI=1S/C35H37F2N3O4S/c1-4-26(3)38-35(42)33(22-27-10-6-5-7-11-27)39(23-28-12-8-9-13-32(28)37)34(41)24-40(30-18-14-25(2)15-19-30)45(43,44)31-20-16-29(36)17-21-31/h5-21,26,33H,4,22-24H2,1-3H3,(H,38,42)/t26-,33+/m1/s1. The van der Waals surface area contributed by atoms with Gasteiger partial charge in [0.05, 0.1) is 10.6 Å². The van der Waals surface area contributed by atoms with Crippen LogP contribution in [0.15, 0.2) is 108 Å². The molecule has 0 saturated heterocycles. The second-order valence-corrected chi connectivity index (χ2v) is 12.8. The lowest BCUT2D eigenvalue weighted by molar-refractivity contribution is -0.140. The number of amides is 2. The second-order valence-electron chi connectivity index (χ2n) is 10.9. The number of carbonyl (C=O) groups is 2. The lowest BCUT2D eigenvalue weighted by Crippen LogP contribution is -2.54. The van der Waals surface area contributed by atoms with Gasteiger partial charge in [-0.3, -0.25) is 13.9 Å². The van der Waals surface area contributed by atoms with Crippen LogP contribution in [0.3, 0.4) is 0 Å². The van der Waals surface area contributed by atoms with Crippen LogP contribution in [0.1, 0.15) is 37.0 Å². The molecule has 2 amide bonds. The highest BCUT2D eigenvalue weighted by molar-refractivity contribution is 7.92. The number of sulfonamides is 1. The van der Waals surface area contributed by atoms with Crippen LogP contribution in [-0.4, -0.2) is 43.8 Å². The SMILES string of the molecule is CC[C@@H](C)NC(=O)[C@H](Cc1ccccc1)N(Cc1ccccc1F)C(=O)CN(c1ccc(C)cc1)S(=O)(=O)c1ccc(F)cc1. The molecule has 0 aliphatic heterocycles. The zero-order valence-electron chi connectivity index (χ0n) is 25.5. The van der Waals surface area contributed by atoms with Gasteiger partial charge in [-0.15, -0.1) is 0 Å². The third kappa shape index (κ3) is 8.54. The number of halogens is 2. The summed E-state index contributed by atoms with van der Waals surface area (Å²) in [4.78, 5) is 29.2. The Hall–Kier alpha value is -4.57. The van der Waals surface area contributed by atoms with Crippen molar-refractivity contribution in [3.8, 4) is 0 Å². The van der Waals surface area contributed by atoms with Crippen LogP contribution in [-0.2, 0) is 32.6 Å². The van der Waals surface area contributed by atoms with E-state index in [4.69, 9.17) is 0 Å². The normalized spacial score (nSPS) is 12.6. The molecule has 0 saturated carbocycles. The molecule has 2 atom stereocenters. The van der Waals surface area contributed by atoms with Crippen LogP contribution in [0, 0.1) is 18.6 Å². The molecule has 0 heterocycles. The van der Waals surface area contributed by atoms with Gasteiger partial charge in [0, 0.05) is 24.6 Å². The number of nitrogens with zero attached hydrogens (tertiary/aromatic N) is 2. The lowest BCUT2D eigenvalue weighted by Gasteiger charge is -2.34. The van der Waals surface area contributed by atoms with Crippen LogP contribution in [0.5, 0.6) is 0 Å². The Bertz CT molecular complexity index is 1700. The van der Waals surface area contributed by atoms with E-state index < -0.39 is 46.1 Å². The predicted octanol–water partition coefficient (Wildman–Crippen LogP) is 6.02. The first-order chi connectivity index (χ1) is 21.5. The molecule has 0 aliphatic carbocycles. The highest BCUT2D eigenvalue weighted by atomic mass is 32.2. The van der Waals surface area contributed by atoms with Crippen LogP contribution in [0.25, 0.3) is 0 Å². The Morgan fingerprint density at radius 3 is 2.09 bits per heavy atom.